The molecular weight excluding hydrogens is 338 g/mol. The summed E-state index contributed by atoms with van der Waals surface area (Å²) in [6, 6.07) is 19.4. The monoisotopic (exact) mass is 363 g/mol. The van der Waals surface area contributed by atoms with Gasteiger partial charge in [0.25, 0.3) is 5.91 Å². The van der Waals surface area contributed by atoms with Crippen molar-refractivity contribution in [2.45, 2.75) is 33.0 Å². The van der Waals surface area contributed by atoms with Crippen LogP contribution in [0.25, 0.3) is 0 Å². The molecule has 0 aliphatic carbocycles. The van der Waals surface area contributed by atoms with E-state index in [9.17, 15) is 10.1 Å². The number of methoxy groups -OCH3 is 1. The van der Waals surface area contributed by atoms with Gasteiger partial charge in [0.05, 0.1) is 7.11 Å². The minimum atomic E-state index is -0.288. The second kappa shape index (κ2) is 10.0. The van der Waals surface area contributed by atoms with Crippen LogP contribution in [0, 0.1) is 11.3 Å². The van der Waals surface area contributed by atoms with Crippen LogP contribution in [0.4, 0.5) is 0 Å². The van der Waals surface area contributed by atoms with Crippen molar-refractivity contribution in [1.82, 2.24) is 10.2 Å². The fraction of sp³-hybridized carbons (Fsp3) is 0.273. The first-order valence-electron chi connectivity index (χ1n) is 8.87. The lowest BCUT2D eigenvalue weighted by Gasteiger charge is -2.26. The van der Waals surface area contributed by atoms with Crippen molar-refractivity contribution in [1.29, 1.82) is 5.26 Å². The maximum absolute atomic E-state index is 12.9. The minimum absolute atomic E-state index is 0.0244. The number of ether oxygens (including phenoxy) is 1. The molecule has 1 N–H and O–H groups in total. The van der Waals surface area contributed by atoms with Crippen LogP contribution in [0.15, 0.2) is 66.4 Å². The molecule has 27 heavy (non-hydrogen) atoms. The van der Waals surface area contributed by atoms with Crippen LogP contribution in [-0.4, -0.2) is 24.0 Å². The lowest BCUT2D eigenvalue weighted by atomic mass is 10.1. The molecule has 140 valence electrons. The summed E-state index contributed by atoms with van der Waals surface area (Å²) in [5.41, 5.74) is 2.05. The topological polar surface area (TPSA) is 65.4 Å². The summed E-state index contributed by atoms with van der Waals surface area (Å²) in [5, 5.41) is 12.5. The van der Waals surface area contributed by atoms with Gasteiger partial charge in [-0.15, -0.1) is 0 Å². The number of hydrogen-bond donors (Lipinski definition) is 1. The van der Waals surface area contributed by atoms with Crippen molar-refractivity contribution in [3.8, 4) is 11.8 Å². The Morgan fingerprint density at radius 3 is 2.48 bits per heavy atom. The number of amides is 1. The average Bonchev–Trinajstić information content (AvgIpc) is 2.70. The third-order valence-corrected chi connectivity index (χ3v) is 4.16. The largest absolute Gasteiger partial charge is 0.496 e. The number of carbonyl (C=O) groups excluding carboxylic acids is 1. The molecule has 0 saturated heterocycles. The molecule has 0 spiro atoms. The second-order valence-corrected chi connectivity index (χ2v) is 6.37. The number of para-hydroxylation sites is 1. The van der Waals surface area contributed by atoms with E-state index >= 15 is 0 Å². The van der Waals surface area contributed by atoms with E-state index in [2.05, 4.69) is 5.32 Å². The van der Waals surface area contributed by atoms with Gasteiger partial charge in [-0.05, 0) is 25.5 Å². The average molecular weight is 363 g/mol. The van der Waals surface area contributed by atoms with Crippen LogP contribution in [0.3, 0.4) is 0 Å². The standard InChI is InChI=1S/C22H25N3O2/c1-17(2)25(16-18-9-5-4-6-10-18)22(26)20(13-23)15-24-14-19-11-7-8-12-21(19)27-3/h4-12,15,17,24H,14,16H2,1-3H3/b20-15-. The number of hydrogen-bond acceptors (Lipinski definition) is 4. The zero-order chi connectivity index (χ0) is 19.6. The van der Waals surface area contributed by atoms with Crippen LogP contribution in [0.5, 0.6) is 5.75 Å². The summed E-state index contributed by atoms with van der Waals surface area (Å²) in [5.74, 6) is 0.472. The number of carbonyl (C=O) groups is 1. The van der Waals surface area contributed by atoms with E-state index in [1.54, 1.807) is 12.0 Å². The van der Waals surface area contributed by atoms with Gasteiger partial charge < -0.3 is 15.0 Å². The summed E-state index contributed by atoms with van der Waals surface area (Å²) in [6.45, 7) is 4.81. The molecule has 1 amide bonds. The zero-order valence-corrected chi connectivity index (χ0v) is 16.0. The Morgan fingerprint density at radius 2 is 1.85 bits per heavy atom. The molecule has 0 radical (unpaired) electrons. The molecule has 0 aliphatic rings. The quantitative estimate of drug-likeness (QED) is 0.574. The van der Waals surface area contributed by atoms with Gasteiger partial charge in [0, 0.05) is 30.9 Å². The summed E-state index contributed by atoms with van der Waals surface area (Å²) in [4.78, 5) is 14.5. The predicted molar refractivity (Wildman–Crippen MR) is 106 cm³/mol. The fourth-order valence-electron chi connectivity index (χ4n) is 2.68. The van der Waals surface area contributed by atoms with Crippen LogP contribution in [0.1, 0.15) is 25.0 Å². The molecule has 2 aromatic carbocycles. The molecule has 5 nitrogen and oxygen atoms in total. The van der Waals surface area contributed by atoms with Gasteiger partial charge in [-0.1, -0.05) is 48.5 Å². The lowest BCUT2D eigenvalue weighted by molar-refractivity contribution is -0.129. The molecule has 0 atom stereocenters. The maximum Gasteiger partial charge on any atom is 0.266 e. The molecule has 2 rings (SSSR count). The molecule has 0 aliphatic heterocycles. The van der Waals surface area contributed by atoms with E-state index in [0.717, 1.165) is 16.9 Å². The van der Waals surface area contributed by atoms with E-state index in [-0.39, 0.29) is 17.5 Å². The Bertz CT molecular complexity index is 823. The molecule has 2 aromatic rings. The van der Waals surface area contributed by atoms with Crippen molar-refractivity contribution in [2.24, 2.45) is 0 Å². The van der Waals surface area contributed by atoms with Crippen molar-refractivity contribution in [2.75, 3.05) is 7.11 Å². The van der Waals surface area contributed by atoms with Gasteiger partial charge in [0.15, 0.2) is 0 Å². The maximum atomic E-state index is 12.9. The van der Waals surface area contributed by atoms with Gasteiger partial charge in [0.2, 0.25) is 0 Å². The summed E-state index contributed by atoms with van der Waals surface area (Å²) in [7, 11) is 1.61. The highest BCUT2D eigenvalue weighted by atomic mass is 16.5. The van der Waals surface area contributed by atoms with Crippen molar-refractivity contribution in [3.63, 3.8) is 0 Å². The Labute approximate surface area is 160 Å². The molecule has 0 aromatic heterocycles. The van der Waals surface area contributed by atoms with Crippen LogP contribution >= 0.6 is 0 Å². The van der Waals surface area contributed by atoms with Gasteiger partial charge in [-0.3, -0.25) is 4.79 Å². The third kappa shape index (κ3) is 5.61. The SMILES string of the molecule is COc1ccccc1CN/C=C(/C#N)C(=O)N(Cc1ccccc1)C(C)C. The molecule has 5 heteroatoms. The van der Waals surface area contributed by atoms with Crippen LogP contribution in [-0.2, 0) is 17.9 Å². The minimum Gasteiger partial charge on any atom is -0.496 e. The Morgan fingerprint density at radius 1 is 1.19 bits per heavy atom. The first-order chi connectivity index (χ1) is 13.1. The lowest BCUT2D eigenvalue weighted by Crippen LogP contribution is -2.37. The first-order valence-corrected chi connectivity index (χ1v) is 8.87. The highest BCUT2D eigenvalue weighted by molar-refractivity contribution is 5.97. The third-order valence-electron chi connectivity index (χ3n) is 4.16. The summed E-state index contributed by atoms with van der Waals surface area (Å²) >= 11 is 0. The highest BCUT2D eigenvalue weighted by Gasteiger charge is 2.21. The number of benzene rings is 2. The molecule has 0 fully saturated rings. The van der Waals surface area contributed by atoms with E-state index in [1.807, 2.05) is 74.5 Å². The van der Waals surface area contributed by atoms with Crippen LogP contribution < -0.4 is 10.1 Å². The molecule has 0 heterocycles. The summed E-state index contributed by atoms with van der Waals surface area (Å²) < 4.78 is 5.31. The number of nitriles is 1. The molecule has 0 unspecified atom stereocenters. The van der Waals surface area contributed by atoms with Crippen molar-refractivity contribution >= 4 is 5.91 Å². The van der Waals surface area contributed by atoms with Gasteiger partial charge in [-0.2, -0.15) is 5.26 Å². The van der Waals surface area contributed by atoms with E-state index in [4.69, 9.17) is 4.74 Å². The predicted octanol–water partition coefficient (Wildman–Crippen LogP) is 3.63. The van der Waals surface area contributed by atoms with E-state index < -0.39 is 0 Å². The van der Waals surface area contributed by atoms with Gasteiger partial charge >= 0.3 is 0 Å². The van der Waals surface area contributed by atoms with E-state index in [0.29, 0.717) is 13.1 Å². The van der Waals surface area contributed by atoms with Crippen molar-refractivity contribution < 1.29 is 9.53 Å². The Kier molecular flexibility index (Phi) is 7.45. The summed E-state index contributed by atoms with van der Waals surface area (Å²) in [6.07, 6.45) is 1.48. The first kappa shape index (κ1) is 20.1. The number of nitrogens with one attached hydrogen (secondary N) is 1. The van der Waals surface area contributed by atoms with Gasteiger partial charge in [0.1, 0.15) is 17.4 Å². The Hall–Kier alpha value is -3.26. The van der Waals surface area contributed by atoms with E-state index in [1.165, 1.54) is 6.20 Å². The molecule has 0 bridgehead atoms. The highest BCUT2D eigenvalue weighted by Crippen LogP contribution is 2.17. The van der Waals surface area contributed by atoms with Crippen LogP contribution in [0.2, 0.25) is 0 Å². The van der Waals surface area contributed by atoms with Gasteiger partial charge in [-0.25, -0.2) is 0 Å². The number of nitrogens with zero attached hydrogens (tertiary/aromatic N) is 2. The Balaban J connectivity index is 2.10. The molecular formula is C22H25N3O2. The molecule has 0 saturated carbocycles. The fourth-order valence-corrected chi connectivity index (χ4v) is 2.68. The van der Waals surface area contributed by atoms with Crippen molar-refractivity contribution in [3.05, 3.63) is 77.5 Å². The second-order valence-electron chi connectivity index (χ2n) is 6.37. The smallest absolute Gasteiger partial charge is 0.266 e. The normalized spacial score (nSPS) is 11.0. The zero-order valence-electron chi connectivity index (χ0n) is 16.0. The number of rotatable bonds is 8.